The Balaban J connectivity index is 3.05. The molecular weight excluding hydrogens is 278 g/mol. The first-order valence-electron chi connectivity index (χ1n) is 6.76. The highest BCUT2D eigenvalue weighted by atomic mass is 32.2. The van der Waals surface area contributed by atoms with Crippen LogP contribution in [0.4, 0.5) is 5.82 Å². The summed E-state index contributed by atoms with van der Waals surface area (Å²) in [7, 11) is -0.846. The first-order valence-corrected chi connectivity index (χ1v) is 8.48. The second-order valence-electron chi connectivity index (χ2n) is 4.62. The Bertz CT molecular complexity index is 499. The fourth-order valence-corrected chi connectivity index (χ4v) is 2.72. The van der Waals surface area contributed by atoms with Crippen LogP contribution in [-0.2, 0) is 22.0 Å². The molecule has 0 fully saturated rings. The molecule has 0 radical (unpaired) electrons. The lowest BCUT2D eigenvalue weighted by molar-refractivity contribution is 0.0521. The zero-order valence-electron chi connectivity index (χ0n) is 12.5. The third-order valence-corrected chi connectivity index (χ3v) is 3.88. The van der Waals surface area contributed by atoms with Gasteiger partial charge in [0.15, 0.2) is 5.69 Å². The molecule has 114 valence electrons. The summed E-state index contributed by atoms with van der Waals surface area (Å²) in [6, 6.07) is 0.0459. The number of rotatable bonds is 7. The second-order valence-corrected chi connectivity index (χ2v) is 6.18. The number of hydrogen-bond acceptors (Lipinski definition) is 5. The van der Waals surface area contributed by atoms with Gasteiger partial charge in [-0.15, -0.1) is 0 Å². The van der Waals surface area contributed by atoms with Gasteiger partial charge in [-0.25, -0.2) is 9.78 Å². The second kappa shape index (κ2) is 7.42. The number of imidazole rings is 1. The van der Waals surface area contributed by atoms with Gasteiger partial charge >= 0.3 is 5.97 Å². The highest BCUT2D eigenvalue weighted by Gasteiger charge is 2.23. The molecule has 0 aliphatic carbocycles. The van der Waals surface area contributed by atoms with Gasteiger partial charge in [0.05, 0.1) is 6.61 Å². The summed E-state index contributed by atoms with van der Waals surface area (Å²) in [6.45, 7) is 5.97. The minimum absolute atomic E-state index is 0.0459. The normalized spacial score (nSPS) is 14.0. The van der Waals surface area contributed by atoms with Crippen LogP contribution in [0.25, 0.3) is 0 Å². The van der Waals surface area contributed by atoms with Crippen LogP contribution in [0.2, 0.25) is 0 Å². The number of anilines is 1. The number of aryl methyl sites for hydroxylation is 1. The van der Waals surface area contributed by atoms with Gasteiger partial charge in [0.25, 0.3) is 0 Å². The van der Waals surface area contributed by atoms with E-state index in [0.717, 1.165) is 12.2 Å². The molecule has 0 amide bonds. The molecule has 1 heterocycles. The molecule has 6 nitrogen and oxygen atoms in total. The topological polar surface area (TPSA) is 87.2 Å². The zero-order chi connectivity index (χ0) is 15.3. The van der Waals surface area contributed by atoms with E-state index >= 15 is 0 Å². The smallest absolute Gasteiger partial charge is 0.360 e. The lowest BCUT2D eigenvalue weighted by Crippen LogP contribution is -2.15. The average molecular weight is 301 g/mol. The standard InChI is InChI=1S/C13H23N3O3S/c1-5-10-15-11(13(17)19-6-2)12(14)16(10)9(3)7-8-20(4)18/h9H,5-8,14H2,1-4H3. The number of carbonyl (C=O) groups excluding carboxylic acids is 1. The van der Waals surface area contributed by atoms with E-state index in [1.165, 1.54) is 0 Å². The van der Waals surface area contributed by atoms with Crippen molar-refractivity contribution < 1.29 is 13.7 Å². The summed E-state index contributed by atoms with van der Waals surface area (Å²) in [5, 5.41) is 0. The van der Waals surface area contributed by atoms with Crippen molar-refractivity contribution in [2.45, 2.75) is 39.7 Å². The first kappa shape index (κ1) is 16.7. The number of ether oxygens (including phenoxy) is 1. The van der Waals surface area contributed by atoms with Crippen LogP contribution in [0.15, 0.2) is 0 Å². The number of nitrogens with two attached hydrogens (primary N) is 1. The number of aromatic nitrogens is 2. The van der Waals surface area contributed by atoms with Crippen molar-refractivity contribution in [2.24, 2.45) is 0 Å². The van der Waals surface area contributed by atoms with Crippen LogP contribution >= 0.6 is 0 Å². The molecule has 1 aromatic rings. The summed E-state index contributed by atoms with van der Waals surface area (Å²) >= 11 is 0. The van der Waals surface area contributed by atoms with Gasteiger partial charge in [0.1, 0.15) is 11.6 Å². The quantitative estimate of drug-likeness (QED) is 0.772. The molecule has 2 unspecified atom stereocenters. The summed E-state index contributed by atoms with van der Waals surface area (Å²) in [5.41, 5.74) is 6.22. The monoisotopic (exact) mass is 301 g/mol. The van der Waals surface area contributed by atoms with Crippen molar-refractivity contribution in [1.29, 1.82) is 0 Å². The van der Waals surface area contributed by atoms with Gasteiger partial charge in [-0.3, -0.25) is 4.21 Å². The number of esters is 1. The Morgan fingerprint density at radius 2 is 2.15 bits per heavy atom. The van der Waals surface area contributed by atoms with E-state index in [0.29, 0.717) is 18.0 Å². The largest absolute Gasteiger partial charge is 0.461 e. The number of carbonyl (C=O) groups is 1. The third-order valence-electron chi connectivity index (χ3n) is 3.07. The molecule has 0 saturated heterocycles. The molecule has 0 aliphatic rings. The van der Waals surface area contributed by atoms with E-state index in [4.69, 9.17) is 10.5 Å². The Morgan fingerprint density at radius 1 is 1.50 bits per heavy atom. The van der Waals surface area contributed by atoms with Crippen LogP contribution in [0, 0.1) is 0 Å². The van der Waals surface area contributed by atoms with Crippen molar-refractivity contribution in [3.63, 3.8) is 0 Å². The molecule has 0 bridgehead atoms. The van der Waals surface area contributed by atoms with Crippen LogP contribution in [0.5, 0.6) is 0 Å². The van der Waals surface area contributed by atoms with Gasteiger partial charge in [0.2, 0.25) is 0 Å². The number of nitrogens with zero attached hydrogens (tertiary/aromatic N) is 2. The van der Waals surface area contributed by atoms with Crippen LogP contribution < -0.4 is 5.73 Å². The Hall–Kier alpha value is -1.37. The maximum atomic E-state index is 11.8. The summed E-state index contributed by atoms with van der Waals surface area (Å²) in [4.78, 5) is 16.1. The van der Waals surface area contributed by atoms with Crippen molar-refractivity contribution >= 4 is 22.6 Å². The molecule has 1 rings (SSSR count). The maximum absolute atomic E-state index is 11.8. The molecule has 2 atom stereocenters. The van der Waals surface area contributed by atoms with Gasteiger partial charge in [-0.2, -0.15) is 0 Å². The van der Waals surface area contributed by atoms with Crippen molar-refractivity contribution in [3.8, 4) is 0 Å². The van der Waals surface area contributed by atoms with Gasteiger partial charge in [-0.05, 0) is 20.3 Å². The van der Waals surface area contributed by atoms with E-state index < -0.39 is 16.8 Å². The van der Waals surface area contributed by atoms with E-state index in [-0.39, 0.29) is 18.3 Å². The SMILES string of the molecule is CCOC(=O)c1nc(CC)n(C(C)CCS(C)=O)c1N. The third kappa shape index (κ3) is 3.82. The fraction of sp³-hybridized carbons (Fsp3) is 0.692. The molecule has 0 saturated carbocycles. The number of nitrogen functional groups attached to an aromatic ring is 1. The van der Waals surface area contributed by atoms with E-state index in [1.54, 1.807) is 13.2 Å². The molecule has 20 heavy (non-hydrogen) atoms. The Morgan fingerprint density at radius 3 is 2.65 bits per heavy atom. The molecule has 0 spiro atoms. The molecule has 7 heteroatoms. The lowest BCUT2D eigenvalue weighted by atomic mass is 10.2. The predicted molar refractivity (Wildman–Crippen MR) is 80.2 cm³/mol. The van der Waals surface area contributed by atoms with Gasteiger partial charge in [0, 0.05) is 35.3 Å². The molecular formula is C13H23N3O3S. The van der Waals surface area contributed by atoms with Crippen molar-refractivity contribution in [2.75, 3.05) is 24.3 Å². The van der Waals surface area contributed by atoms with Crippen LogP contribution in [0.3, 0.4) is 0 Å². The summed E-state index contributed by atoms with van der Waals surface area (Å²) in [6.07, 6.45) is 3.07. The van der Waals surface area contributed by atoms with Gasteiger partial charge < -0.3 is 15.0 Å². The highest BCUT2D eigenvalue weighted by Crippen LogP contribution is 2.24. The molecule has 0 aromatic carbocycles. The highest BCUT2D eigenvalue weighted by molar-refractivity contribution is 7.84. The molecule has 1 aromatic heterocycles. The Labute approximate surface area is 122 Å². The van der Waals surface area contributed by atoms with Gasteiger partial charge in [-0.1, -0.05) is 6.92 Å². The van der Waals surface area contributed by atoms with Crippen LogP contribution in [0.1, 0.15) is 49.5 Å². The maximum Gasteiger partial charge on any atom is 0.360 e. The van der Waals surface area contributed by atoms with Crippen molar-refractivity contribution in [3.05, 3.63) is 11.5 Å². The molecule has 0 aliphatic heterocycles. The minimum atomic E-state index is -0.846. The predicted octanol–water partition coefficient (Wildman–Crippen LogP) is 1.53. The van der Waals surface area contributed by atoms with E-state index in [1.807, 2.05) is 18.4 Å². The summed E-state index contributed by atoms with van der Waals surface area (Å²) in [5.74, 6) is 1.18. The Kier molecular flexibility index (Phi) is 6.19. The zero-order valence-corrected chi connectivity index (χ0v) is 13.3. The fourth-order valence-electron chi connectivity index (χ4n) is 2.05. The van der Waals surface area contributed by atoms with Crippen LogP contribution in [-0.4, -0.2) is 38.3 Å². The van der Waals surface area contributed by atoms with E-state index in [9.17, 15) is 9.00 Å². The van der Waals surface area contributed by atoms with Crippen molar-refractivity contribution in [1.82, 2.24) is 9.55 Å². The first-order chi connectivity index (χ1) is 9.42. The average Bonchev–Trinajstić information content (AvgIpc) is 2.73. The van der Waals surface area contributed by atoms with E-state index in [2.05, 4.69) is 4.98 Å². The summed E-state index contributed by atoms with van der Waals surface area (Å²) < 4.78 is 18.0. The number of hydrogen-bond donors (Lipinski definition) is 1. The lowest BCUT2D eigenvalue weighted by Gasteiger charge is -2.17. The minimum Gasteiger partial charge on any atom is -0.461 e. The molecule has 2 N–H and O–H groups in total.